The van der Waals surface area contributed by atoms with Gasteiger partial charge in [0.2, 0.25) is 0 Å². The minimum Gasteiger partial charge on any atom is -0.462 e. The highest BCUT2D eigenvalue weighted by Gasteiger charge is 2.75. The summed E-state index contributed by atoms with van der Waals surface area (Å²) < 4.78 is 20.7. The number of esters is 2. The van der Waals surface area contributed by atoms with Crippen molar-refractivity contribution < 1.29 is 25.5 Å². The highest BCUT2D eigenvalue weighted by molar-refractivity contribution is 6.21. The number of rotatable bonds is 2. The van der Waals surface area contributed by atoms with Crippen molar-refractivity contribution in [1.82, 2.24) is 0 Å². The first-order valence-corrected chi connectivity index (χ1v) is 11.7. The van der Waals surface area contributed by atoms with Crippen LogP contribution in [0.2, 0.25) is 0 Å². The number of carbonyl (C=O) groups is 2. The van der Waals surface area contributed by atoms with Crippen LogP contribution in [0.15, 0.2) is 0 Å². The van der Waals surface area contributed by atoms with Gasteiger partial charge in [0.05, 0.1) is 6.10 Å². The Balaban J connectivity index is 1.86. The maximum absolute atomic E-state index is 12.0. The zero-order chi connectivity index (χ0) is 23.2. The smallest absolute Gasteiger partial charge is 0.303 e. The van der Waals surface area contributed by atoms with Crippen molar-refractivity contribution in [2.24, 2.45) is 33.5 Å². The molecule has 0 aliphatic heterocycles. The van der Waals surface area contributed by atoms with Crippen molar-refractivity contribution in [3.05, 3.63) is 0 Å². The molecule has 4 rings (SSSR count). The van der Waals surface area contributed by atoms with Crippen molar-refractivity contribution in [3.63, 3.8) is 0 Å². The van der Waals surface area contributed by atoms with Gasteiger partial charge in [0.25, 0.3) is 0 Å². The second-order valence-electron chi connectivity index (χ2n) is 11.5. The van der Waals surface area contributed by atoms with Crippen LogP contribution in [0.3, 0.4) is 0 Å². The highest BCUT2D eigenvalue weighted by atomic mass is 35.5. The van der Waals surface area contributed by atoms with E-state index in [1.54, 1.807) is 0 Å². The maximum atomic E-state index is 12.0. The van der Waals surface area contributed by atoms with E-state index < -0.39 is 39.8 Å². The van der Waals surface area contributed by atoms with Crippen LogP contribution in [-0.4, -0.2) is 40.7 Å². The Kier molecular flexibility index (Phi) is 4.80. The molecule has 9 atom stereocenters. The minimum absolute atomic E-state index is 0.0591. The number of aliphatic hydroxyl groups is 1. The molecule has 30 heavy (non-hydrogen) atoms. The van der Waals surface area contributed by atoms with E-state index in [1.165, 1.54) is 13.8 Å². The largest absolute Gasteiger partial charge is 0.462 e. The number of aliphatic hydroxyl groups excluding tert-OH is 1. The molecule has 4 fully saturated rings. The molecule has 170 valence electrons. The summed E-state index contributed by atoms with van der Waals surface area (Å²) in [4.78, 5) is 23.9. The van der Waals surface area contributed by atoms with Crippen LogP contribution in [0.5, 0.6) is 0 Å². The SMILES string of the molecule is [2H][C@@]1(Cl)C[C@@H]2[C@]3(CC[C@@H]4C(C)(C)CC[C@H](OC(C)=O)[C@]42C)C[C@@]1(C)[C@H](OC(C)=O)[C@H]3O. The van der Waals surface area contributed by atoms with Gasteiger partial charge in [-0.05, 0) is 55.8 Å². The highest BCUT2D eigenvalue weighted by Crippen LogP contribution is 2.74. The molecule has 2 bridgehead atoms. The Labute approximate surface area is 186 Å². The van der Waals surface area contributed by atoms with Crippen molar-refractivity contribution >= 4 is 23.5 Å². The lowest BCUT2D eigenvalue weighted by Crippen LogP contribution is -2.64. The van der Waals surface area contributed by atoms with Crippen molar-refractivity contribution in [2.75, 3.05) is 0 Å². The molecular formula is C24H37ClO5. The number of hydrogen-bond donors (Lipinski definition) is 1. The molecule has 0 aromatic heterocycles. The number of hydrogen-bond acceptors (Lipinski definition) is 5. The Morgan fingerprint density at radius 2 is 1.67 bits per heavy atom. The second kappa shape index (κ2) is 6.84. The summed E-state index contributed by atoms with van der Waals surface area (Å²) in [7, 11) is 0. The molecule has 4 aliphatic carbocycles. The monoisotopic (exact) mass is 441 g/mol. The molecule has 0 unspecified atom stereocenters. The number of fused-ring (bicyclic) bond motifs is 3. The van der Waals surface area contributed by atoms with Gasteiger partial charge in [-0.25, -0.2) is 0 Å². The van der Waals surface area contributed by atoms with Crippen LogP contribution in [0.25, 0.3) is 0 Å². The number of carbonyl (C=O) groups excluding carboxylic acids is 2. The number of halogens is 1. The normalized spacial score (nSPS) is 54.4. The van der Waals surface area contributed by atoms with Crippen LogP contribution in [-0.2, 0) is 19.1 Å². The lowest BCUT2D eigenvalue weighted by molar-refractivity contribution is -0.227. The fourth-order valence-corrected chi connectivity index (χ4v) is 8.71. The number of ether oxygens (including phenoxy) is 2. The van der Waals surface area contributed by atoms with Gasteiger partial charge in [0.1, 0.15) is 12.2 Å². The molecule has 6 heteroatoms. The molecule has 5 nitrogen and oxygen atoms in total. The Bertz CT molecular complexity index is 799. The van der Waals surface area contributed by atoms with Crippen LogP contribution in [0.4, 0.5) is 0 Å². The summed E-state index contributed by atoms with van der Waals surface area (Å²) >= 11 is 6.94. The molecule has 0 heterocycles. The van der Waals surface area contributed by atoms with Crippen LogP contribution < -0.4 is 0 Å². The summed E-state index contributed by atoms with van der Waals surface area (Å²) in [6, 6.07) is 0. The zero-order valence-corrected chi connectivity index (χ0v) is 19.8. The molecule has 0 saturated heterocycles. The first-order chi connectivity index (χ1) is 14.1. The molecular weight excluding hydrogens is 404 g/mol. The zero-order valence-electron chi connectivity index (χ0n) is 20.1. The van der Waals surface area contributed by atoms with Crippen molar-refractivity contribution in [3.8, 4) is 0 Å². The molecule has 0 aromatic rings. The summed E-state index contributed by atoms with van der Waals surface area (Å²) in [5.74, 6) is -0.584. The standard InChI is InChI=1S/C24H37ClO5/c1-13(26)29-18-8-9-21(3,4)15-7-10-24-12-22(5,20(19(24)28)30-14(2)27)17(25)11-16(24)23(15,18)6/h15-20,28H,7-12H2,1-6H3/t15-,16+,17-,18+,19-,20-,22-,23-,24+/m1/s1/i17D. The molecule has 0 aromatic carbocycles. The van der Waals surface area contributed by atoms with Gasteiger partial charge >= 0.3 is 11.9 Å². The Hall–Kier alpha value is -0.810. The maximum Gasteiger partial charge on any atom is 0.303 e. The topological polar surface area (TPSA) is 72.8 Å². The fraction of sp³-hybridized carbons (Fsp3) is 0.917. The predicted octanol–water partition coefficient (Wildman–Crippen LogP) is 4.47. The lowest BCUT2D eigenvalue weighted by atomic mass is 9.39. The average molecular weight is 442 g/mol. The molecule has 1 spiro atoms. The van der Waals surface area contributed by atoms with Gasteiger partial charge in [-0.3, -0.25) is 9.59 Å². The summed E-state index contributed by atoms with van der Waals surface area (Å²) in [5, 5.41) is 10.3. The van der Waals surface area contributed by atoms with E-state index in [4.69, 9.17) is 22.4 Å². The first-order valence-electron chi connectivity index (χ1n) is 11.8. The summed E-state index contributed by atoms with van der Waals surface area (Å²) in [5.41, 5.74) is -1.71. The van der Waals surface area contributed by atoms with Crippen LogP contribution in [0, 0.1) is 33.5 Å². The van der Waals surface area contributed by atoms with Gasteiger partial charge in [-0.15, -0.1) is 11.6 Å². The fourth-order valence-electron chi connectivity index (χ4n) is 8.38. The van der Waals surface area contributed by atoms with E-state index in [9.17, 15) is 14.7 Å². The Morgan fingerprint density at radius 1 is 1.03 bits per heavy atom. The van der Waals surface area contributed by atoms with Gasteiger partial charge in [0, 0.05) is 36.8 Å². The second-order valence-corrected chi connectivity index (χ2v) is 12.0. The van der Waals surface area contributed by atoms with Gasteiger partial charge in [0.15, 0.2) is 0 Å². The van der Waals surface area contributed by atoms with E-state index in [2.05, 4.69) is 20.8 Å². The molecule has 4 saturated carbocycles. The summed E-state index contributed by atoms with van der Waals surface area (Å²) in [6.07, 6.45) is 2.37. The van der Waals surface area contributed by atoms with Gasteiger partial charge in [-0.1, -0.05) is 27.7 Å². The Morgan fingerprint density at radius 3 is 2.27 bits per heavy atom. The third kappa shape index (κ3) is 2.83. The van der Waals surface area contributed by atoms with Crippen molar-refractivity contribution in [2.45, 2.75) is 104 Å². The van der Waals surface area contributed by atoms with Crippen LogP contribution in [0.1, 0.15) is 81.4 Å². The van der Waals surface area contributed by atoms with E-state index in [0.717, 1.165) is 25.7 Å². The van der Waals surface area contributed by atoms with Gasteiger partial charge in [-0.2, -0.15) is 0 Å². The van der Waals surface area contributed by atoms with E-state index in [0.29, 0.717) is 12.8 Å². The van der Waals surface area contributed by atoms with Crippen molar-refractivity contribution in [1.29, 1.82) is 0 Å². The average Bonchev–Trinajstić information content (AvgIpc) is 2.81. The molecule has 0 radical (unpaired) electrons. The molecule has 0 amide bonds. The van der Waals surface area contributed by atoms with E-state index >= 15 is 0 Å². The van der Waals surface area contributed by atoms with Crippen LogP contribution >= 0.6 is 11.6 Å². The molecule has 4 aliphatic rings. The molecule has 1 N–H and O–H groups in total. The minimum atomic E-state index is -1.40. The number of alkyl halides is 1. The van der Waals surface area contributed by atoms with E-state index in [-0.39, 0.29) is 29.3 Å². The third-order valence-electron chi connectivity index (χ3n) is 9.59. The lowest BCUT2D eigenvalue weighted by Gasteiger charge is -2.66. The van der Waals surface area contributed by atoms with Gasteiger partial charge < -0.3 is 14.6 Å². The predicted molar refractivity (Wildman–Crippen MR) is 114 cm³/mol. The third-order valence-corrected chi connectivity index (χ3v) is 10.2. The first kappa shape index (κ1) is 21.1. The summed E-state index contributed by atoms with van der Waals surface area (Å²) in [6.45, 7) is 11.4. The quantitative estimate of drug-likeness (QED) is 0.505. The van der Waals surface area contributed by atoms with E-state index in [1.807, 2.05) is 6.92 Å².